The van der Waals surface area contributed by atoms with E-state index in [0.717, 1.165) is 5.56 Å². The van der Waals surface area contributed by atoms with Crippen molar-refractivity contribution in [2.24, 2.45) is 4.36 Å². The van der Waals surface area contributed by atoms with E-state index in [1.165, 1.54) is 24.8 Å². The molecule has 10 nitrogen and oxygen atoms in total. The third-order valence-corrected chi connectivity index (χ3v) is 6.82. The van der Waals surface area contributed by atoms with Crippen LogP contribution in [0.1, 0.15) is 0 Å². The molecule has 6 rings (SSSR count). The summed E-state index contributed by atoms with van der Waals surface area (Å²) in [5, 5.41) is 9.91. The molecule has 0 saturated carbocycles. The maximum absolute atomic E-state index is 15.0. The second-order valence-corrected chi connectivity index (χ2v) is 11.9. The number of H-pyrrole nitrogens is 1. The number of aliphatic hydroxyl groups excluding tert-OH is 1. The third-order valence-electron chi connectivity index (χ3n) is 6.20. The lowest BCUT2D eigenvalue weighted by atomic mass is 10.1. The Bertz CT molecular complexity index is 1580. The van der Waals surface area contributed by atoms with Crippen molar-refractivity contribution < 1.29 is 27.9 Å². The number of ether oxygens (including phenoxy) is 3. The van der Waals surface area contributed by atoms with Crippen LogP contribution in [-0.2, 0) is 19.2 Å². The van der Waals surface area contributed by atoms with Gasteiger partial charge < -0.3 is 24.3 Å². The first-order chi connectivity index (χ1) is 17.7. The number of hydrogen-bond donors (Lipinski definition) is 2. The number of hydrogen-bond acceptors (Lipinski definition) is 9. The predicted molar refractivity (Wildman–Crippen MR) is 134 cm³/mol. The molecule has 1 aromatic carbocycles. The summed E-state index contributed by atoms with van der Waals surface area (Å²) in [6.45, 7) is 0.506. The molecule has 192 valence electrons. The maximum atomic E-state index is 15.0. The van der Waals surface area contributed by atoms with Crippen LogP contribution < -0.4 is 4.74 Å². The molecule has 4 atom stereocenters. The smallest absolute Gasteiger partial charge is 0.193 e. The fourth-order valence-electron chi connectivity index (χ4n) is 4.52. The molecule has 0 aliphatic carbocycles. The number of halogens is 1. The molecule has 1 unspecified atom stereocenters. The van der Waals surface area contributed by atoms with Crippen LogP contribution in [0.25, 0.3) is 33.5 Å². The number of aromatic nitrogens is 4. The van der Waals surface area contributed by atoms with Gasteiger partial charge in [-0.2, -0.15) is 4.36 Å². The van der Waals surface area contributed by atoms with Gasteiger partial charge in [0.2, 0.25) is 0 Å². The van der Waals surface area contributed by atoms with E-state index in [0.29, 0.717) is 40.6 Å². The molecule has 0 bridgehead atoms. The number of fused-ring (bicyclic) bond motifs is 2. The van der Waals surface area contributed by atoms with E-state index >= 15 is 0 Å². The fourth-order valence-corrected chi connectivity index (χ4v) is 5.07. The lowest BCUT2D eigenvalue weighted by Crippen LogP contribution is -2.34. The molecule has 5 heterocycles. The summed E-state index contributed by atoms with van der Waals surface area (Å²) in [6, 6.07) is 10.2. The zero-order chi connectivity index (χ0) is 25.7. The van der Waals surface area contributed by atoms with E-state index in [1.54, 1.807) is 24.4 Å². The third kappa shape index (κ3) is 4.80. The van der Waals surface area contributed by atoms with Gasteiger partial charge in [0.15, 0.2) is 23.6 Å². The number of benzene rings is 1. The first kappa shape index (κ1) is 23.9. The monoisotopic (exact) mass is 525 g/mol. The largest absolute Gasteiger partial charge is 0.470 e. The van der Waals surface area contributed by atoms with Gasteiger partial charge in [-0.25, -0.2) is 18.6 Å². The standard InChI is InChI=1S/C25H24FN5O5S/c1-37(2,33)31-21-10-27-18(9-28-21)13-3-5-14(6-4-13)23-15(26)7-16-17(30-23)8-22(29-16)36-20-12-35-24-19(32)11-34-25(20)24/h3-10,19-20,24-25,29,32H,11-12H2,1-2H3/t19-,20-,24?,25-/m1/s1. The van der Waals surface area contributed by atoms with Crippen molar-refractivity contribution in [2.45, 2.75) is 24.4 Å². The molecule has 12 heteroatoms. The lowest BCUT2D eigenvalue weighted by molar-refractivity contribution is 0.00794. The Labute approximate surface area is 212 Å². The fraction of sp³-hybridized carbons (Fsp3) is 0.320. The minimum absolute atomic E-state index is 0.206. The van der Waals surface area contributed by atoms with Crippen molar-refractivity contribution >= 4 is 26.6 Å². The normalized spacial score (nSPS) is 23.4. The van der Waals surface area contributed by atoms with Crippen LogP contribution >= 0.6 is 0 Å². The Hall–Kier alpha value is -3.45. The molecule has 0 amide bonds. The molecule has 0 radical (unpaired) electrons. The quantitative estimate of drug-likeness (QED) is 0.406. The van der Waals surface area contributed by atoms with E-state index in [9.17, 15) is 13.7 Å². The number of nitrogens with zero attached hydrogens (tertiary/aromatic N) is 4. The lowest BCUT2D eigenvalue weighted by Gasteiger charge is -2.16. The molecule has 2 N–H and O–H groups in total. The Morgan fingerprint density at radius 3 is 2.57 bits per heavy atom. The summed E-state index contributed by atoms with van der Waals surface area (Å²) in [4.78, 5) is 16.1. The SMILES string of the molecule is CS(C)(=O)=Nc1cnc(-c2ccc(-c3nc4cc(O[C@@H]5COC6[C@H](O)CO[C@@H]65)[nH]c4cc3F)cc2)cn1. The topological polar surface area (TPSA) is 132 Å². The minimum Gasteiger partial charge on any atom is -0.470 e. The van der Waals surface area contributed by atoms with Gasteiger partial charge in [0.05, 0.1) is 42.3 Å². The second kappa shape index (κ2) is 9.14. The summed E-state index contributed by atoms with van der Waals surface area (Å²) in [7, 11) is -2.32. The molecular weight excluding hydrogens is 501 g/mol. The molecule has 2 aliphatic heterocycles. The van der Waals surface area contributed by atoms with Gasteiger partial charge in [0, 0.05) is 45.5 Å². The zero-order valence-corrected chi connectivity index (χ0v) is 20.8. The van der Waals surface area contributed by atoms with Gasteiger partial charge in [-0.3, -0.25) is 4.98 Å². The number of aliphatic hydroxyl groups is 1. The Morgan fingerprint density at radius 2 is 1.84 bits per heavy atom. The highest BCUT2D eigenvalue weighted by Gasteiger charge is 2.48. The first-order valence-corrected chi connectivity index (χ1v) is 13.9. The van der Waals surface area contributed by atoms with Gasteiger partial charge in [0.25, 0.3) is 0 Å². The average Bonchev–Trinajstić information content (AvgIpc) is 3.55. The van der Waals surface area contributed by atoms with Crippen molar-refractivity contribution in [3.63, 3.8) is 0 Å². The van der Waals surface area contributed by atoms with Crippen LogP contribution in [0.15, 0.2) is 53.2 Å². The van der Waals surface area contributed by atoms with Gasteiger partial charge in [-0.1, -0.05) is 24.3 Å². The highest BCUT2D eigenvalue weighted by Crippen LogP contribution is 2.32. The van der Waals surface area contributed by atoms with E-state index in [2.05, 4.69) is 24.3 Å². The van der Waals surface area contributed by atoms with Crippen LogP contribution in [0.5, 0.6) is 5.88 Å². The van der Waals surface area contributed by atoms with Gasteiger partial charge in [-0.15, -0.1) is 0 Å². The summed E-state index contributed by atoms with van der Waals surface area (Å²) in [6.07, 6.45) is 4.29. The summed E-state index contributed by atoms with van der Waals surface area (Å²) >= 11 is 0. The highest BCUT2D eigenvalue weighted by atomic mass is 32.2. The summed E-state index contributed by atoms with van der Waals surface area (Å²) in [5.41, 5.74) is 3.25. The van der Waals surface area contributed by atoms with Crippen LogP contribution in [0.3, 0.4) is 0 Å². The van der Waals surface area contributed by atoms with E-state index in [4.69, 9.17) is 14.2 Å². The summed E-state index contributed by atoms with van der Waals surface area (Å²) in [5.74, 6) is 0.247. The highest BCUT2D eigenvalue weighted by molar-refractivity contribution is 7.92. The number of aromatic amines is 1. The van der Waals surface area contributed by atoms with Gasteiger partial charge in [-0.05, 0) is 0 Å². The van der Waals surface area contributed by atoms with Crippen LogP contribution in [0.4, 0.5) is 10.2 Å². The van der Waals surface area contributed by atoms with E-state index in [1.807, 2.05) is 12.1 Å². The van der Waals surface area contributed by atoms with Crippen molar-refractivity contribution in [2.75, 3.05) is 25.7 Å². The molecule has 2 aliphatic rings. The van der Waals surface area contributed by atoms with Crippen molar-refractivity contribution in [3.8, 4) is 28.4 Å². The zero-order valence-electron chi connectivity index (χ0n) is 20.0. The Balaban J connectivity index is 1.22. The van der Waals surface area contributed by atoms with Crippen molar-refractivity contribution in [1.29, 1.82) is 0 Å². The van der Waals surface area contributed by atoms with E-state index < -0.39 is 27.8 Å². The second-order valence-electron chi connectivity index (χ2n) is 9.31. The Kier molecular flexibility index (Phi) is 5.91. The van der Waals surface area contributed by atoms with Crippen molar-refractivity contribution in [1.82, 2.24) is 19.9 Å². The number of pyridine rings is 1. The molecule has 0 spiro atoms. The predicted octanol–water partition coefficient (Wildman–Crippen LogP) is 3.09. The summed E-state index contributed by atoms with van der Waals surface area (Å²) < 4.78 is 48.0. The molecule has 37 heavy (non-hydrogen) atoms. The molecule has 4 aromatic rings. The number of nitrogens with one attached hydrogen (secondary N) is 1. The average molecular weight is 526 g/mol. The first-order valence-electron chi connectivity index (χ1n) is 11.6. The molecule has 2 saturated heterocycles. The van der Waals surface area contributed by atoms with Crippen LogP contribution in [-0.4, -0.2) is 79.4 Å². The van der Waals surface area contributed by atoms with Gasteiger partial charge >= 0.3 is 0 Å². The molecule has 2 fully saturated rings. The number of rotatable bonds is 5. The Morgan fingerprint density at radius 1 is 1.08 bits per heavy atom. The molecular formula is C25H24FN5O5S. The molecule has 3 aromatic heterocycles. The van der Waals surface area contributed by atoms with Crippen LogP contribution in [0, 0.1) is 5.82 Å². The van der Waals surface area contributed by atoms with Gasteiger partial charge in [0.1, 0.15) is 24.0 Å². The minimum atomic E-state index is -2.32. The van der Waals surface area contributed by atoms with E-state index in [-0.39, 0.29) is 24.5 Å². The maximum Gasteiger partial charge on any atom is 0.193 e. The van der Waals surface area contributed by atoms with Crippen LogP contribution in [0.2, 0.25) is 0 Å². The van der Waals surface area contributed by atoms with Crippen molar-refractivity contribution in [3.05, 3.63) is 54.6 Å².